The van der Waals surface area contributed by atoms with Crippen molar-refractivity contribution in [2.75, 3.05) is 5.32 Å². The highest BCUT2D eigenvalue weighted by atomic mass is 35.5. The summed E-state index contributed by atoms with van der Waals surface area (Å²) < 4.78 is 11.6. The number of hydrogen-bond acceptors (Lipinski definition) is 5. The number of nitrogens with one attached hydrogen (secondary N) is 2. The molecule has 0 bridgehead atoms. The maximum atomic E-state index is 12.6. The molecule has 2 N–H and O–H groups in total. The third-order valence-electron chi connectivity index (χ3n) is 6.24. The third kappa shape index (κ3) is 5.60. The Labute approximate surface area is 235 Å². The molecule has 0 fully saturated rings. The molecule has 5 rings (SSSR count). The number of fused-ring (bicyclic) bond motifs is 1. The van der Waals surface area contributed by atoms with Crippen molar-refractivity contribution in [3.63, 3.8) is 0 Å². The number of nitrogens with zero attached hydrogens (tertiary/aromatic N) is 1. The Morgan fingerprint density at radius 1 is 0.947 bits per heavy atom. The van der Waals surface area contributed by atoms with Crippen LogP contribution in [0.1, 0.15) is 42.3 Å². The number of amides is 1. The molecule has 2 aromatic heterocycles. The lowest BCUT2D eigenvalue weighted by Crippen LogP contribution is -2.33. The smallest absolute Gasteiger partial charge is 0.293 e. The second-order valence-corrected chi connectivity index (χ2v) is 10.1. The van der Waals surface area contributed by atoms with Gasteiger partial charge in [0.25, 0.3) is 5.91 Å². The molecule has 1 amide bonds. The van der Waals surface area contributed by atoms with E-state index in [-0.39, 0.29) is 10.9 Å². The topological polar surface area (TPSA) is 80.3 Å². The van der Waals surface area contributed by atoms with Gasteiger partial charge in [0.2, 0.25) is 5.89 Å². The fourth-order valence-electron chi connectivity index (χ4n) is 3.90. The minimum atomic E-state index is -0.478. The molecule has 5 aromatic rings. The van der Waals surface area contributed by atoms with Gasteiger partial charge < -0.3 is 14.2 Å². The lowest BCUT2D eigenvalue weighted by atomic mass is 9.98. The minimum absolute atomic E-state index is 0.109. The number of carbonyl (C=O) groups is 1. The number of thiocarbonyl (C=S) groups is 1. The van der Waals surface area contributed by atoms with E-state index in [0.29, 0.717) is 38.9 Å². The van der Waals surface area contributed by atoms with Crippen LogP contribution in [0, 0.1) is 0 Å². The first-order valence-corrected chi connectivity index (χ1v) is 13.2. The highest BCUT2D eigenvalue weighted by molar-refractivity contribution is 7.80. The molecule has 0 spiro atoms. The quantitative estimate of drug-likeness (QED) is 0.201. The summed E-state index contributed by atoms with van der Waals surface area (Å²) in [4.78, 5) is 17.3. The van der Waals surface area contributed by atoms with Crippen LogP contribution in [0.2, 0.25) is 10.0 Å². The van der Waals surface area contributed by atoms with Gasteiger partial charge in [-0.05, 0) is 96.9 Å². The summed E-state index contributed by atoms with van der Waals surface area (Å²) in [5.74, 6) is 1.12. The normalized spacial score (nSPS) is 11.9. The summed E-state index contributed by atoms with van der Waals surface area (Å²) in [5, 5.41) is 6.59. The zero-order valence-electron chi connectivity index (χ0n) is 20.5. The molecule has 1 atom stereocenters. The van der Waals surface area contributed by atoms with E-state index in [4.69, 9.17) is 44.3 Å². The standard InChI is InChI=1S/C29H23Cl2N3O3S/c1-3-16(2)18-7-11-25-23(15-18)33-28(37-25)17-4-8-20(9-5-17)32-29(38)34-27(35)26-13-12-24(36-26)19-6-10-21(30)22(31)14-19/h4-16H,3H2,1-2H3,(H2,32,34,35,38)/t16-/m0/s1. The number of furan rings is 1. The van der Waals surface area contributed by atoms with Gasteiger partial charge in [-0.15, -0.1) is 0 Å². The SMILES string of the molecule is CC[C@H](C)c1ccc2oc(-c3ccc(NC(=S)NC(=O)c4ccc(-c5ccc(Cl)c(Cl)c5)o4)cc3)nc2c1. The van der Waals surface area contributed by atoms with Gasteiger partial charge in [-0.2, -0.15) is 0 Å². The van der Waals surface area contributed by atoms with Crippen LogP contribution in [0.15, 0.2) is 81.6 Å². The molecule has 38 heavy (non-hydrogen) atoms. The van der Waals surface area contributed by atoms with E-state index in [2.05, 4.69) is 41.6 Å². The number of hydrogen-bond donors (Lipinski definition) is 2. The molecule has 6 nitrogen and oxygen atoms in total. The van der Waals surface area contributed by atoms with Gasteiger partial charge in [0.15, 0.2) is 16.5 Å². The van der Waals surface area contributed by atoms with Crippen molar-refractivity contribution < 1.29 is 13.6 Å². The molecule has 0 aliphatic rings. The molecule has 9 heteroatoms. The molecule has 192 valence electrons. The third-order valence-corrected chi connectivity index (χ3v) is 7.19. The van der Waals surface area contributed by atoms with Gasteiger partial charge in [-0.25, -0.2) is 4.98 Å². The molecular formula is C29H23Cl2N3O3S. The number of oxazole rings is 1. The van der Waals surface area contributed by atoms with Crippen molar-refractivity contribution in [3.8, 4) is 22.8 Å². The van der Waals surface area contributed by atoms with Crippen molar-refractivity contribution in [2.24, 2.45) is 0 Å². The van der Waals surface area contributed by atoms with Crippen LogP contribution >= 0.6 is 35.4 Å². The number of anilines is 1. The van der Waals surface area contributed by atoms with E-state index >= 15 is 0 Å². The van der Waals surface area contributed by atoms with E-state index in [1.807, 2.05) is 30.3 Å². The van der Waals surface area contributed by atoms with Crippen LogP contribution in [-0.4, -0.2) is 16.0 Å². The maximum Gasteiger partial charge on any atom is 0.293 e. The van der Waals surface area contributed by atoms with Crippen LogP contribution in [0.5, 0.6) is 0 Å². The van der Waals surface area contributed by atoms with E-state index in [1.54, 1.807) is 30.3 Å². The fraction of sp³-hybridized carbons (Fsp3) is 0.138. The summed E-state index contributed by atoms with van der Waals surface area (Å²) in [5.41, 5.74) is 5.06. The minimum Gasteiger partial charge on any atom is -0.451 e. The molecule has 0 unspecified atom stereocenters. The largest absolute Gasteiger partial charge is 0.451 e. The highest BCUT2D eigenvalue weighted by Gasteiger charge is 2.15. The van der Waals surface area contributed by atoms with Crippen molar-refractivity contribution in [2.45, 2.75) is 26.2 Å². The number of benzene rings is 3. The Morgan fingerprint density at radius 3 is 2.45 bits per heavy atom. The first-order valence-electron chi connectivity index (χ1n) is 12.0. The Balaban J connectivity index is 1.22. The van der Waals surface area contributed by atoms with Crippen LogP contribution in [0.25, 0.3) is 33.9 Å². The van der Waals surface area contributed by atoms with E-state index in [0.717, 1.165) is 23.1 Å². The molecule has 3 aromatic carbocycles. The van der Waals surface area contributed by atoms with Crippen LogP contribution in [0.3, 0.4) is 0 Å². The van der Waals surface area contributed by atoms with Gasteiger partial charge in [-0.3, -0.25) is 10.1 Å². The van der Waals surface area contributed by atoms with Crippen molar-refractivity contribution in [1.29, 1.82) is 0 Å². The average Bonchev–Trinajstić information content (AvgIpc) is 3.57. The predicted octanol–water partition coefficient (Wildman–Crippen LogP) is 8.70. The summed E-state index contributed by atoms with van der Waals surface area (Å²) >= 11 is 17.4. The second-order valence-electron chi connectivity index (χ2n) is 8.83. The van der Waals surface area contributed by atoms with E-state index in [1.165, 1.54) is 5.56 Å². The lowest BCUT2D eigenvalue weighted by Gasteiger charge is -2.09. The van der Waals surface area contributed by atoms with Crippen LogP contribution in [0.4, 0.5) is 5.69 Å². The first kappa shape index (κ1) is 26.0. The fourth-order valence-corrected chi connectivity index (χ4v) is 4.41. The van der Waals surface area contributed by atoms with Gasteiger partial charge in [-0.1, -0.05) is 43.1 Å². The van der Waals surface area contributed by atoms with Gasteiger partial charge in [0, 0.05) is 16.8 Å². The summed E-state index contributed by atoms with van der Waals surface area (Å²) in [6.07, 6.45) is 1.06. The molecular weight excluding hydrogens is 541 g/mol. The van der Waals surface area contributed by atoms with Gasteiger partial charge in [0.1, 0.15) is 11.3 Å². The Hall–Kier alpha value is -3.65. The number of rotatable bonds is 6. The average molecular weight is 564 g/mol. The van der Waals surface area contributed by atoms with Crippen LogP contribution < -0.4 is 10.6 Å². The zero-order valence-corrected chi connectivity index (χ0v) is 22.9. The Kier molecular flexibility index (Phi) is 7.51. The van der Waals surface area contributed by atoms with Crippen molar-refractivity contribution >= 4 is 63.2 Å². The molecule has 0 saturated carbocycles. The maximum absolute atomic E-state index is 12.6. The summed E-state index contributed by atoms with van der Waals surface area (Å²) in [7, 11) is 0. The molecule has 0 radical (unpaired) electrons. The predicted molar refractivity (Wildman–Crippen MR) is 156 cm³/mol. The second kappa shape index (κ2) is 11.0. The first-order chi connectivity index (χ1) is 18.3. The monoisotopic (exact) mass is 563 g/mol. The van der Waals surface area contributed by atoms with Crippen molar-refractivity contribution in [1.82, 2.24) is 10.3 Å². The molecule has 0 saturated heterocycles. The van der Waals surface area contributed by atoms with Gasteiger partial charge in [0.05, 0.1) is 10.0 Å². The highest BCUT2D eigenvalue weighted by Crippen LogP contribution is 2.30. The molecule has 2 heterocycles. The molecule has 0 aliphatic heterocycles. The van der Waals surface area contributed by atoms with Crippen molar-refractivity contribution in [3.05, 3.63) is 94.2 Å². The summed E-state index contributed by atoms with van der Waals surface area (Å²) in [6.45, 7) is 4.37. The van der Waals surface area contributed by atoms with E-state index < -0.39 is 5.91 Å². The number of carbonyl (C=O) groups excluding carboxylic acids is 1. The zero-order chi connectivity index (χ0) is 26.8. The Morgan fingerprint density at radius 2 is 1.71 bits per heavy atom. The lowest BCUT2D eigenvalue weighted by molar-refractivity contribution is 0.0951. The number of aromatic nitrogens is 1. The Bertz CT molecular complexity index is 1640. The number of halogens is 2. The van der Waals surface area contributed by atoms with Gasteiger partial charge >= 0.3 is 0 Å². The van der Waals surface area contributed by atoms with Crippen LogP contribution in [-0.2, 0) is 0 Å². The summed E-state index contributed by atoms with van der Waals surface area (Å²) in [6, 6.07) is 21.9. The van der Waals surface area contributed by atoms with E-state index in [9.17, 15) is 4.79 Å². The molecule has 0 aliphatic carbocycles.